The van der Waals surface area contributed by atoms with Crippen LogP contribution in [0, 0.1) is 10.1 Å². The van der Waals surface area contributed by atoms with Gasteiger partial charge in [-0.05, 0) is 12.1 Å². The van der Waals surface area contributed by atoms with E-state index in [1.807, 2.05) is 0 Å². The second-order valence-electron chi connectivity index (χ2n) is 3.24. The number of halogens is 5. The number of alkyl halides is 4. The number of hydrogen-bond acceptors (Lipinski definition) is 4. The molecule has 0 spiro atoms. The average Bonchev–Trinajstić information content (AvgIpc) is 2.28. The second kappa shape index (κ2) is 5.14. The van der Waals surface area contributed by atoms with Crippen molar-refractivity contribution in [1.82, 2.24) is 0 Å². The smallest absolute Gasteiger partial charge is 0.258 e. The molecule has 0 radical (unpaired) electrons. The maximum atomic E-state index is 13.1. The van der Waals surface area contributed by atoms with Crippen LogP contribution in [-0.2, 0) is 9.84 Å². The van der Waals surface area contributed by atoms with E-state index in [0.29, 0.717) is 12.1 Å². The Hall–Kier alpha value is -1.06. The van der Waals surface area contributed by atoms with Gasteiger partial charge in [0.25, 0.3) is 11.3 Å². The molecule has 1 atom stereocenters. The van der Waals surface area contributed by atoms with Gasteiger partial charge in [-0.3, -0.25) is 10.1 Å². The van der Waals surface area contributed by atoms with Gasteiger partial charge in [-0.15, -0.1) is 0 Å². The lowest BCUT2D eigenvalue weighted by Crippen LogP contribution is -2.35. The highest BCUT2D eigenvalue weighted by molar-refractivity contribution is 7.92. The minimum absolute atomic E-state index is 0.310. The van der Waals surface area contributed by atoms with E-state index in [4.69, 9.17) is 11.6 Å². The van der Waals surface area contributed by atoms with Crippen LogP contribution in [0.4, 0.5) is 18.9 Å². The molecule has 19 heavy (non-hydrogen) atoms. The maximum absolute atomic E-state index is 13.1. The van der Waals surface area contributed by atoms with Crippen LogP contribution in [-0.4, -0.2) is 24.2 Å². The lowest BCUT2D eigenvalue weighted by atomic mass is 10.3. The predicted molar refractivity (Wildman–Crippen MR) is 61.0 cm³/mol. The predicted octanol–water partition coefficient (Wildman–Crippen LogP) is 3.15. The Kier molecular flexibility index (Phi) is 4.33. The topological polar surface area (TPSA) is 77.3 Å². The first kappa shape index (κ1) is 16.0. The summed E-state index contributed by atoms with van der Waals surface area (Å²) in [6, 6.07) is 1.65. The molecule has 0 aromatic heterocycles. The van der Waals surface area contributed by atoms with Crippen molar-refractivity contribution in [1.29, 1.82) is 0 Å². The Labute approximate surface area is 115 Å². The van der Waals surface area contributed by atoms with E-state index in [9.17, 15) is 31.7 Å². The third-order valence-corrected chi connectivity index (χ3v) is 4.56. The van der Waals surface area contributed by atoms with Gasteiger partial charge in [0.05, 0.1) is 9.82 Å². The third-order valence-electron chi connectivity index (χ3n) is 2.04. The summed E-state index contributed by atoms with van der Waals surface area (Å²) in [6.45, 7) is 0. The molecule has 0 saturated heterocycles. The molecule has 0 bridgehead atoms. The van der Waals surface area contributed by atoms with Crippen molar-refractivity contribution in [3.63, 3.8) is 0 Å². The summed E-state index contributed by atoms with van der Waals surface area (Å²) in [5.74, 6) is 0. The van der Waals surface area contributed by atoms with Crippen LogP contribution in [0.15, 0.2) is 23.1 Å². The molecule has 5 nitrogen and oxygen atoms in total. The van der Waals surface area contributed by atoms with Crippen molar-refractivity contribution in [2.45, 2.75) is 15.8 Å². The van der Waals surface area contributed by atoms with Gasteiger partial charge in [0.15, 0.2) is 0 Å². The minimum Gasteiger partial charge on any atom is -0.258 e. The SMILES string of the molecule is O=[N+]([O-])c1cc(S(=O)(=O)C(F)(F)[C@@H](F)Cl)ccc1Cl. The number of nitro benzene ring substituents is 1. The van der Waals surface area contributed by atoms with Crippen molar-refractivity contribution in [2.75, 3.05) is 0 Å². The van der Waals surface area contributed by atoms with E-state index in [1.165, 1.54) is 0 Å². The van der Waals surface area contributed by atoms with E-state index < -0.39 is 41.3 Å². The molecule has 0 saturated carbocycles. The summed E-state index contributed by atoms with van der Waals surface area (Å²) in [5, 5.41) is 5.15. The highest BCUT2D eigenvalue weighted by atomic mass is 35.5. The zero-order valence-electron chi connectivity index (χ0n) is 8.69. The molecule has 1 aromatic rings. The summed E-state index contributed by atoms with van der Waals surface area (Å²) in [6.07, 6.45) is 0. The monoisotopic (exact) mass is 337 g/mol. The van der Waals surface area contributed by atoms with Gasteiger partial charge >= 0.3 is 5.25 Å². The largest absolute Gasteiger partial charge is 0.393 e. The summed E-state index contributed by atoms with van der Waals surface area (Å²) in [4.78, 5) is 8.31. The molecule has 0 aliphatic carbocycles. The van der Waals surface area contributed by atoms with E-state index >= 15 is 0 Å². The van der Waals surface area contributed by atoms with Crippen molar-refractivity contribution >= 4 is 38.7 Å². The van der Waals surface area contributed by atoms with Gasteiger partial charge in [-0.2, -0.15) is 8.78 Å². The van der Waals surface area contributed by atoms with Gasteiger partial charge in [-0.1, -0.05) is 23.2 Å². The minimum atomic E-state index is -5.51. The van der Waals surface area contributed by atoms with Gasteiger partial charge in [-0.25, -0.2) is 12.8 Å². The molecule has 0 aliphatic rings. The Morgan fingerprint density at radius 1 is 1.37 bits per heavy atom. The summed E-state index contributed by atoms with van der Waals surface area (Å²) >= 11 is 9.88. The Morgan fingerprint density at radius 3 is 2.32 bits per heavy atom. The molecule has 0 heterocycles. The number of nitrogens with zero attached hydrogens (tertiary/aromatic N) is 1. The fraction of sp³-hybridized carbons (Fsp3) is 0.250. The normalized spacial score (nSPS) is 14.2. The quantitative estimate of drug-likeness (QED) is 0.480. The maximum Gasteiger partial charge on any atom is 0.393 e. The number of benzene rings is 1. The first-order valence-electron chi connectivity index (χ1n) is 4.36. The van der Waals surface area contributed by atoms with Crippen LogP contribution >= 0.6 is 23.2 Å². The second-order valence-corrected chi connectivity index (χ2v) is 6.05. The standard InChI is InChI=1S/C8H4Cl2F3NO4S/c9-5-2-1-4(3-6(5)14(15)16)19(17,18)8(12,13)7(10)11/h1-3,7H/t7-/m1/s1. The molecule has 0 amide bonds. The molecule has 11 heteroatoms. The number of rotatable bonds is 4. The lowest BCUT2D eigenvalue weighted by Gasteiger charge is -2.16. The molecular weight excluding hydrogens is 334 g/mol. The van der Waals surface area contributed by atoms with Crippen LogP contribution in [0.25, 0.3) is 0 Å². The summed E-state index contributed by atoms with van der Waals surface area (Å²) < 4.78 is 61.6. The van der Waals surface area contributed by atoms with Crippen LogP contribution in [0.3, 0.4) is 0 Å². The van der Waals surface area contributed by atoms with E-state index in [0.717, 1.165) is 6.07 Å². The van der Waals surface area contributed by atoms with Crippen LogP contribution in [0.2, 0.25) is 5.02 Å². The Balaban J connectivity index is 3.47. The molecule has 1 rings (SSSR count). The van der Waals surface area contributed by atoms with Gasteiger partial charge in [0.2, 0.25) is 9.84 Å². The van der Waals surface area contributed by atoms with Gasteiger partial charge in [0.1, 0.15) is 5.02 Å². The lowest BCUT2D eigenvalue weighted by molar-refractivity contribution is -0.384. The number of nitro groups is 1. The van der Waals surface area contributed by atoms with Crippen molar-refractivity contribution in [3.05, 3.63) is 33.3 Å². The zero-order chi connectivity index (χ0) is 15.0. The average molecular weight is 338 g/mol. The van der Waals surface area contributed by atoms with Crippen molar-refractivity contribution in [2.24, 2.45) is 0 Å². The third kappa shape index (κ3) is 2.77. The zero-order valence-corrected chi connectivity index (χ0v) is 11.0. The molecule has 0 unspecified atom stereocenters. The fourth-order valence-electron chi connectivity index (χ4n) is 1.07. The first-order valence-corrected chi connectivity index (χ1v) is 6.66. The fourth-order valence-corrected chi connectivity index (χ4v) is 2.68. The Bertz CT molecular complexity index is 620. The van der Waals surface area contributed by atoms with E-state index in [1.54, 1.807) is 0 Å². The molecule has 0 N–H and O–H groups in total. The number of sulfone groups is 1. The number of hydrogen-bond donors (Lipinski definition) is 0. The molecule has 106 valence electrons. The molecular formula is C8H4Cl2F3NO4S. The van der Waals surface area contributed by atoms with Crippen LogP contribution < -0.4 is 0 Å². The van der Waals surface area contributed by atoms with Crippen LogP contribution in [0.1, 0.15) is 0 Å². The van der Waals surface area contributed by atoms with E-state index in [2.05, 4.69) is 11.6 Å². The summed E-state index contributed by atoms with van der Waals surface area (Å²) in [7, 11) is -5.51. The molecule has 1 aromatic carbocycles. The summed E-state index contributed by atoms with van der Waals surface area (Å²) in [5.41, 5.74) is -4.39. The highest BCUT2D eigenvalue weighted by Gasteiger charge is 2.53. The Morgan fingerprint density at radius 2 is 1.89 bits per heavy atom. The van der Waals surface area contributed by atoms with E-state index in [-0.39, 0.29) is 0 Å². The van der Waals surface area contributed by atoms with Crippen molar-refractivity contribution in [3.8, 4) is 0 Å². The molecule has 0 aliphatic heterocycles. The van der Waals surface area contributed by atoms with Crippen molar-refractivity contribution < 1.29 is 26.5 Å². The van der Waals surface area contributed by atoms with Crippen LogP contribution in [0.5, 0.6) is 0 Å². The van der Waals surface area contributed by atoms with Gasteiger partial charge < -0.3 is 0 Å². The molecule has 0 fully saturated rings. The van der Waals surface area contributed by atoms with Gasteiger partial charge in [0, 0.05) is 6.07 Å². The highest BCUT2D eigenvalue weighted by Crippen LogP contribution is 2.37. The first-order chi connectivity index (χ1) is 8.51.